The van der Waals surface area contributed by atoms with Gasteiger partial charge in [0, 0.05) is 16.7 Å². The van der Waals surface area contributed by atoms with E-state index < -0.39 is 5.41 Å². The maximum Gasteiger partial charge on any atom is 0.229 e. The van der Waals surface area contributed by atoms with Crippen LogP contribution < -0.4 is 5.32 Å². The molecule has 0 radical (unpaired) electrons. The van der Waals surface area contributed by atoms with Crippen LogP contribution in [-0.2, 0) is 4.79 Å². The summed E-state index contributed by atoms with van der Waals surface area (Å²) >= 11 is 0. The van der Waals surface area contributed by atoms with Crippen molar-refractivity contribution < 1.29 is 9.90 Å². The summed E-state index contributed by atoms with van der Waals surface area (Å²) < 4.78 is 0. The monoisotopic (exact) mass is 245 g/mol. The Kier molecular flexibility index (Phi) is 4.52. The topological polar surface area (TPSA) is 49.3 Å². The van der Waals surface area contributed by atoms with E-state index >= 15 is 0 Å². The Balaban J connectivity index is 2.96. The molecule has 0 atom stereocenters. The molecule has 1 rings (SSSR count). The lowest BCUT2D eigenvalue weighted by Gasteiger charge is -2.18. The van der Waals surface area contributed by atoms with Crippen LogP contribution in [0.25, 0.3) is 0 Å². The number of benzene rings is 1. The molecule has 0 aliphatic rings. The molecule has 0 fully saturated rings. The average molecular weight is 245 g/mol. The molecule has 0 saturated heterocycles. The smallest absolute Gasteiger partial charge is 0.229 e. The number of carbonyl (C=O) groups excluding carboxylic acids is 1. The van der Waals surface area contributed by atoms with E-state index in [9.17, 15) is 4.79 Å². The van der Waals surface area contributed by atoms with Gasteiger partial charge in [-0.3, -0.25) is 4.79 Å². The third-order valence-corrected chi connectivity index (χ3v) is 2.48. The molecule has 0 bridgehead atoms. The number of amides is 1. The fourth-order valence-electron chi connectivity index (χ4n) is 1.29. The zero-order valence-corrected chi connectivity index (χ0v) is 11.3. The molecule has 0 spiro atoms. The van der Waals surface area contributed by atoms with Crippen molar-refractivity contribution in [1.82, 2.24) is 0 Å². The Labute approximate surface area is 108 Å². The largest absolute Gasteiger partial charge is 0.384 e. The number of nitrogens with one attached hydrogen (secondary N) is 1. The van der Waals surface area contributed by atoms with Gasteiger partial charge in [0.05, 0.1) is 0 Å². The summed E-state index contributed by atoms with van der Waals surface area (Å²) in [7, 11) is 0. The minimum atomic E-state index is -0.429. The highest BCUT2D eigenvalue weighted by atomic mass is 16.2. The zero-order chi connectivity index (χ0) is 13.8. The maximum absolute atomic E-state index is 11.9. The number of carbonyl (C=O) groups is 1. The molecule has 1 aromatic rings. The average Bonchev–Trinajstić information content (AvgIpc) is 2.28. The third-order valence-electron chi connectivity index (χ3n) is 2.48. The molecule has 0 unspecified atom stereocenters. The molecule has 3 heteroatoms. The van der Waals surface area contributed by atoms with E-state index in [1.165, 1.54) is 0 Å². The predicted molar refractivity (Wildman–Crippen MR) is 73.2 cm³/mol. The minimum absolute atomic E-state index is 0.0348. The van der Waals surface area contributed by atoms with E-state index in [2.05, 4.69) is 17.2 Å². The molecule has 18 heavy (non-hydrogen) atoms. The summed E-state index contributed by atoms with van der Waals surface area (Å²) in [6, 6.07) is 5.57. The van der Waals surface area contributed by atoms with Crippen LogP contribution in [0.5, 0.6) is 0 Å². The zero-order valence-electron chi connectivity index (χ0n) is 11.3. The lowest BCUT2D eigenvalue weighted by Crippen LogP contribution is -2.27. The van der Waals surface area contributed by atoms with Crippen molar-refractivity contribution in [2.75, 3.05) is 11.9 Å². The molecule has 0 aliphatic heterocycles. The van der Waals surface area contributed by atoms with E-state index in [1.807, 2.05) is 45.9 Å². The fourth-order valence-corrected chi connectivity index (χ4v) is 1.29. The van der Waals surface area contributed by atoms with Crippen molar-refractivity contribution in [2.24, 2.45) is 5.41 Å². The fraction of sp³-hybridized carbons (Fsp3) is 0.400. The Morgan fingerprint density at radius 2 is 2.06 bits per heavy atom. The number of hydrogen-bond donors (Lipinski definition) is 2. The number of aliphatic hydroxyl groups excluding tert-OH is 1. The number of hydrogen-bond acceptors (Lipinski definition) is 2. The SMILES string of the molecule is Cc1ccc(NC(=O)C(C)(C)C)cc1C#CCO. The van der Waals surface area contributed by atoms with Crippen molar-refractivity contribution in [3.63, 3.8) is 0 Å². The molecule has 0 aromatic heterocycles. The van der Waals surface area contributed by atoms with Crippen LogP contribution in [0.3, 0.4) is 0 Å². The van der Waals surface area contributed by atoms with Crippen molar-refractivity contribution in [1.29, 1.82) is 0 Å². The first-order valence-electron chi connectivity index (χ1n) is 5.86. The minimum Gasteiger partial charge on any atom is -0.384 e. The summed E-state index contributed by atoms with van der Waals surface area (Å²) in [6.07, 6.45) is 0. The molecule has 0 saturated carbocycles. The highest BCUT2D eigenvalue weighted by molar-refractivity contribution is 5.94. The highest BCUT2D eigenvalue weighted by Gasteiger charge is 2.21. The van der Waals surface area contributed by atoms with Gasteiger partial charge in [0.2, 0.25) is 5.91 Å². The van der Waals surface area contributed by atoms with Gasteiger partial charge in [-0.25, -0.2) is 0 Å². The summed E-state index contributed by atoms with van der Waals surface area (Å²) in [5.74, 6) is 5.44. The quantitative estimate of drug-likeness (QED) is 0.746. The summed E-state index contributed by atoms with van der Waals surface area (Å²) in [6.45, 7) is 7.36. The van der Waals surface area contributed by atoms with Gasteiger partial charge in [-0.1, -0.05) is 38.7 Å². The maximum atomic E-state index is 11.9. The van der Waals surface area contributed by atoms with Crippen molar-refractivity contribution in [2.45, 2.75) is 27.7 Å². The van der Waals surface area contributed by atoms with Crippen LogP contribution in [0.1, 0.15) is 31.9 Å². The molecule has 96 valence electrons. The van der Waals surface area contributed by atoms with E-state index in [0.717, 1.165) is 16.8 Å². The van der Waals surface area contributed by atoms with Crippen LogP contribution in [0.15, 0.2) is 18.2 Å². The summed E-state index contributed by atoms with van der Waals surface area (Å²) in [4.78, 5) is 11.9. The lowest BCUT2D eigenvalue weighted by atomic mass is 9.95. The van der Waals surface area contributed by atoms with E-state index in [0.29, 0.717) is 0 Å². The normalized spacial score (nSPS) is 10.5. The summed E-state index contributed by atoms with van der Waals surface area (Å²) in [5.41, 5.74) is 2.13. The first kappa shape index (κ1) is 14.3. The molecule has 1 amide bonds. The van der Waals surface area contributed by atoms with Gasteiger partial charge in [-0.2, -0.15) is 0 Å². The van der Waals surface area contributed by atoms with Crippen molar-refractivity contribution >= 4 is 11.6 Å². The number of anilines is 1. The first-order chi connectivity index (χ1) is 8.34. The molecular weight excluding hydrogens is 226 g/mol. The molecule has 0 heterocycles. The molecule has 1 aromatic carbocycles. The van der Waals surface area contributed by atoms with E-state index in [1.54, 1.807) is 0 Å². The van der Waals surface area contributed by atoms with Gasteiger partial charge in [0.15, 0.2) is 0 Å². The molecular formula is C15H19NO2. The van der Waals surface area contributed by atoms with E-state index in [4.69, 9.17) is 5.11 Å². The van der Waals surface area contributed by atoms with Crippen LogP contribution in [-0.4, -0.2) is 17.6 Å². The molecule has 3 nitrogen and oxygen atoms in total. The Morgan fingerprint density at radius 3 is 2.61 bits per heavy atom. The van der Waals surface area contributed by atoms with Crippen LogP contribution in [0, 0.1) is 24.2 Å². The number of aliphatic hydroxyl groups is 1. The summed E-state index contributed by atoms with van der Waals surface area (Å²) in [5, 5.41) is 11.6. The standard InChI is InChI=1S/C15H19NO2/c1-11-7-8-13(10-12(11)6-5-9-17)16-14(18)15(2,3)4/h7-8,10,17H,9H2,1-4H3,(H,16,18). The second kappa shape index (κ2) is 5.70. The van der Waals surface area contributed by atoms with Crippen LogP contribution >= 0.6 is 0 Å². The highest BCUT2D eigenvalue weighted by Crippen LogP contribution is 2.19. The van der Waals surface area contributed by atoms with Crippen molar-refractivity contribution in [3.05, 3.63) is 29.3 Å². The van der Waals surface area contributed by atoms with Crippen LogP contribution in [0.4, 0.5) is 5.69 Å². The van der Waals surface area contributed by atoms with Gasteiger partial charge in [-0.05, 0) is 24.6 Å². The number of rotatable bonds is 1. The van der Waals surface area contributed by atoms with Gasteiger partial charge in [0.25, 0.3) is 0 Å². The second-order valence-electron chi connectivity index (χ2n) is 5.19. The first-order valence-corrected chi connectivity index (χ1v) is 5.86. The lowest BCUT2D eigenvalue weighted by molar-refractivity contribution is -0.123. The second-order valence-corrected chi connectivity index (χ2v) is 5.19. The predicted octanol–water partition coefficient (Wildman–Crippen LogP) is 2.32. The van der Waals surface area contributed by atoms with Crippen LogP contribution in [0.2, 0.25) is 0 Å². The molecule has 0 aliphatic carbocycles. The van der Waals surface area contributed by atoms with Crippen molar-refractivity contribution in [3.8, 4) is 11.8 Å². The Morgan fingerprint density at radius 1 is 1.39 bits per heavy atom. The van der Waals surface area contributed by atoms with E-state index in [-0.39, 0.29) is 12.5 Å². The molecule has 2 N–H and O–H groups in total. The van der Waals surface area contributed by atoms with Gasteiger partial charge >= 0.3 is 0 Å². The van der Waals surface area contributed by atoms with Gasteiger partial charge in [-0.15, -0.1) is 0 Å². The Hall–Kier alpha value is -1.79. The van der Waals surface area contributed by atoms with Gasteiger partial charge in [0.1, 0.15) is 6.61 Å². The third kappa shape index (κ3) is 3.90. The van der Waals surface area contributed by atoms with Gasteiger partial charge < -0.3 is 10.4 Å². The Bertz CT molecular complexity index is 501. The number of aryl methyl sites for hydroxylation is 1.